The van der Waals surface area contributed by atoms with Crippen LogP contribution >= 0.6 is 12.2 Å². The van der Waals surface area contributed by atoms with Gasteiger partial charge < -0.3 is 15.8 Å². The molecule has 3 N–H and O–H groups in total. The van der Waals surface area contributed by atoms with Gasteiger partial charge in [-0.25, -0.2) is 12.8 Å². The lowest BCUT2D eigenvalue weighted by molar-refractivity contribution is 0.0729. The number of rotatable bonds is 5. The zero-order valence-corrected chi connectivity index (χ0v) is 16.4. The number of thiocarbonyl (C=S) groups is 1. The van der Waals surface area contributed by atoms with Gasteiger partial charge in [0.15, 0.2) is 0 Å². The quantitative estimate of drug-likeness (QED) is 0.711. The molecule has 1 fully saturated rings. The standard InChI is InChI=1S/C18H18FN3O4S2/c19-15-6-5-14(11-16(15)28(24,25)22-7-9-26-10-8-22)21-18(23)13-3-1-12(2-4-13)17(20)27/h1-6,11H,7-10H2,(H2,20,27)(H,21,23). The second-order valence-electron chi connectivity index (χ2n) is 6.06. The van der Waals surface area contributed by atoms with Gasteiger partial charge >= 0.3 is 0 Å². The summed E-state index contributed by atoms with van der Waals surface area (Å²) >= 11 is 4.86. The zero-order chi connectivity index (χ0) is 20.3. The predicted molar refractivity (Wildman–Crippen MR) is 106 cm³/mol. The van der Waals surface area contributed by atoms with Crippen LogP contribution in [0.25, 0.3) is 0 Å². The number of nitrogens with two attached hydrogens (primary N) is 1. The van der Waals surface area contributed by atoms with Crippen LogP contribution in [0, 0.1) is 5.82 Å². The normalized spacial score (nSPS) is 15.2. The first-order valence-corrected chi connectivity index (χ1v) is 10.2. The van der Waals surface area contributed by atoms with Crippen LogP contribution in [0.5, 0.6) is 0 Å². The Morgan fingerprint density at radius 1 is 1.11 bits per heavy atom. The molecule has 10 heteroatoms. The molecule has 0 bridgehead atoms. The fourth-order valence-electron chi connectivity index (χ4n) is 2.69. The number of nitrogens with zero attached hydrogens (tertiary/aromatic N) is 1. The van der Waals surface area contributed by atoms with Crippen molar-refractivity contribution in [3.63, 3.8) is 0 Å². The van der Waals surface area contributed by atoms with Crippen molar-refractivity contribution < 1.29 is 22.3 Å². The van der Waals surface area contributed by atoms with E-state index in [1.54, 1.807) is 24.3 Å². The first-order chi connectivity index (χ1) is 13.3. The highest BCUT2D eigenvalue weighted by molar-refractivity contribution is 7.89. The SMILES string of the molecule is NC(=S)c1ccc(C(=O)Nc2ccc(F)c(S(=O)(=O)N3CCOCC3)c2)cc1. The third-order valence-electron chi connectivity index (χ3n) is 4.21. The molecule has 0 atom stereocenters. The van der Waals surface area contributed by atoms with Gasteiger partial charge in [-0.3, -0.25) is 4.79 Å². The number of nitrogens with one attached hydrogen (secondary N) is 1. The number of carbonyl (C=O) groups is 1. The Balaban J connectivity index is 1.82. The Labute approximate surface area is 167 Å². The summed E-state index contributed by atoms with van der Waals surface area (Å²) in [6.07, 6.45) is 0. The second-order valence-corrected chi connectivity index (χ2v) is 8.40. The van der Waals surface area contributed by atoms with E-state index in [4.69, 9.17) is 22.7 Å². The summed E-state index contributed by atoms with van der Waals surface area (Å²) in [5.41, 5.74) is 6.63. The number of amides is 1. The van der Waals surface area contributed by atoms with Gasteiger partial charge in [-0.15, -0.1) is 0 Å². The number of ether oxygens (including phenoxy) is 1. The van der Waals surface area contributed by atoms with E-state index in [0.29, 0.717) is 11.1 Å². The van der Waals surface area contributed by atoms with E-state index in [1.807, 2.05) is 0 Å². The van der Waals surface area contributed by atoms with Gasteiger partial charge in [0.05, 0.1) is 13.2 Å². The molecule has 2 aromatic carbocycles. The molecule has 1 saturated heterocycles. The maximum Gasteiger partial charge on any atom is 0.255 e. The summed E-state index contributed by atoms with van der Waals surface area (Å²) in [4.78, 5) is 12.1. The number of carbonyl (C=O) groups excluding carboxylic acids is 1. The van der Waals surface area contributed by atoms with Gasteiger partial charge in [-0.05, 0) is 30.3 Å². The third-order valence-corrected chi connectivity index (χ3v) is 6.36. The van der Waals surface area contributed by atoms with Gasteiger partial charge in [0.1, 0.15) is 15.7 Å². The minimum absolute atomic E-state index is 0.147. The zero-order valence-electron chi connectivity index (χ0n) is 14.7. The molecular weight excluding hydrogens is 405 g/mol. The van der Waals surface area contributed by atoms with E-state index < -0.39 is 26.6 Å². The van der Waals surface area contributed by atoms with Crippen LogP contribution in [0.4, 0.5) is 10.1 Å². The molecule has 3 rings (SSSR count). The molecule has 7 nitrogen and oxygen atoms in total. The molecule has 0 aromatic heterocycles. The van der Waals surface area contributed by atoms with Crippen LogP contribution in [-0.2, 0) is 14.8 Å². The lowest BCUT2D eigenvalue weighted by Crippen LogP contribution is -2.40. The summed E-state index contributed by atoms with van der Waals surface area (Å²) in [5.74, 6) is -1.36. The highest BCUT2D eigenvalue weighted by Crippen LogP contribution is 2.24. The van der Waals surface area contributed by atoms with Crippen LogP contribution in [0.3, 0.4) is 0 Å². The van der Waals surface area contributed by atoms with Crippen molar-refractivity contribution in [2.24, 2.45) is 5.73 Å². The minimum Gasteiger partial charge on any atom is -0.389 e. The van der Waals surface area contributed by atoms with Crippen molar-refractivity contribution in [2.45, 2.75) is 4.90 Å². The van der Waals surface area contributed by atoms with Crippen LogP contribution in [0.1, 0.15) is 15.9 Å². The second kappa shape index (κ2) is 8.31. The average Bonchev–Trinajstić information content (AvgIpc) is 2.70. The smallest absolute Gasteiger partial charge is 0.255 e. The van der Waals surface area contributed by atoms with E-state index in [0.717, 1.165) is 16.4 Å². The Hall–Kier alpha value is -2.40. The number of benzene rings is 2. The van der Waals surface area contributed by atoms with Crippen LogP contribution < -0.4 is 11.1 Å². The van der Waals surface area contributed by atoms with Crippen molar-refractivity contribution in [2.75, 3.05) is 31.6 Å². The molecule has 0 unspecified atom stereocenters. The molecule has 28 heavy (non-hydrogen) atoms. The minimum atomic E-state index is -4.03. The molecule has 2 aromatic rings. The van der Waals surface area contributed by atoms with Gasteiger partial charge in [0, 0.05) is 29.9 Å². The maximum absolute atomic E-state index is 14.2. The largest absolute Gasteiger partial charge is 0.389 e. The number of hydrogen-bond donors (Lipinski definition) is 2. The van der Waals surface area contributed by atoms with Gasteiger partial charge in [-0.2, -0.15) is 4.31 Å². The summed E-state index contributed by atoms with van der Waals surface area (Å²) in [5, 5.41) is 2.57. The fourth-order valence-corrected chi connectivity index (χ4v) is 4.33. The number of hydrogen-bond acceptors (Lipinski definition) is 5. The Morgan fingerprint density at radius 3 is 2.32 bits per heavy atom. The number of anilines is 1. The number of halogens is 1. The lowest BCUT2D eigenvalue weighted by atomic mass is 10.1. The molecule has 1 amide bonds. The van der Waals surface area contributed by atoms with Gasteiger partial charge in [0.2, 0.25) is 10.0 Å². The average molecular weight is 423 g/mol. The van der Waals surface area contributed by atoms with Crippen molar-refractivity contribution in [1.29, 1.82) is 0 Å². The summed E-state index contributed by atoms with van der Waals surface area (Å²) in [7, 11) is -4.03. The van der Waals surface area contributed by atoms with E-state index in [9.17, 15) is 17.6 Å². The van der Waals surface area contributed by atoms with E-state index in [2.05, 4.69) is 5.32 Å². The summed E-state index contributed by atoms with van der Waals surface area (Å²) < 4.78 is 45.9. The summed E-state index contributed by atoms with van der Waals surface area (Å²) in [6.45, 7) is 0.792. The highest BCUT2D eigenvalue weighted by Gasteiger charge is 2.29. The third kappa shape index (κ3) is 4.36. The predicted octanol–water partition coefficient (Wildman–Crippen LogP) is 1.73. The molecule has 1 aliphatic heterocycles. The highest BCUT2D eigenvalue weighted by atomic mass is 32.2. The molecule has 1 heterocycles. The Morgan fingerprint density at radius 2 is 1.71 bits per heavy atom. The molecule has 0 saturated carbocycles. The molecule has 0 spiro atoms. The first-order valence-electron chi connectivity index (χ1n) is 8.38. The van der Waals surface area contributed by atoms with Gasteiger partial charge in [-0.1, -0.05) is 24.4 Å². The Kier molecular flexibility index (Phi) is 6.04. The topological polar surface area (TPSA) is 102 Å². The van der Waals surface area contributed by atoms with Gasteiger partial charge in [0.25, 0.3) is 5.91 Å². The lowest BCUT2D eigenvalue weighted by Gasteiger charge is -2.26. The van der Waals surface area contributed by atoms with E-state index in [-0.39, 0.29) is 37.0 Å². The molecule has 0 aliphatic carbocycles. The first kappa shape index (κ1) is 20.3. The van der Waals surface area contributed by atoms with Crippen molar-refractivity contribution in [1.82, 2.24) is 4.31 Å². The molecular formula is C18H18FN3O4S2. The maximum atomic E-state index is 14.2. The number of morpholine rings is 1. The van der Waals surface area contributed by atoms with Crippen molar-refractivity contribution in [3.05, 3.63) is 59.4 Å². The van der Waals surface area contributed by atoms with Crippen LogP contribution in [-0.4, -0.2) is 49.9 Å². The molecule has 148 valence electrons. The van der Waals surface area contributed by atoms with Crippen LogP contribution in [0.15, 0.2) is 47.4 Å². The van der Waals surface area contributed by atoms with Crippen molar-refractivity contribution in [3.8, 4) is 0 Å². The number of sulfonamides is 1. The van der Waals surface area contributed by atoms with Crippen molar-refractivity contribution >= 4 is 38.8 Å². The van der Waals surface area contributed by atoms with Crippen LogP contribution in [0.2, 0.25) is 0 Å². The monoisotopic (exact) mass is 423 g/mol. The summed E-state index contributed by atoms with van der Waals surface area (Å²) in [6, 6.07) is 9.72. The molecule has 1 aliphatic rings. The van der Waals surface area contributed by atoms with E-state index in [1.165, 1.54) is 6.07 Å². The van der Waals surface area contributed by atoms with E-state index >= 15 is 0 Å². The molecule has 0 radical (unpaired) electrons. The Bertz CT molecular complexity index is 1000. The fraction of sp³-hybridized carbons (Fsp3) is 0.222.